The number of hydrogen-bond donors (Lipinski definition) is 1. The summed E-state index contributed by atoms with van der Waals surface area (Å²) in [5.74, 6) is -3.25. The van der Waals surface area contributed by atoms with Gasteiger partial charge in [-0.05, 0) is 95.0 Å². The Balaban J connectivity index is 1.53. The molecule has 42 heavy (non-hydrogen) atoms. The van der Waals surface area contributed by atoms with Gasteiger partial charge < -0.3 is 15.1 Å². The van der Waals surface area contributed by atoms with Crippen molar-refractivity contribution in [2.75, 3.05) is 19.3 Å². The monoisotopic (exact) mass is 631 g/mol. The summed E-state index contributed by atoms with van der Waals surface area (Å²) >= 11 is 5.94. The van der Waals surface area contributed by atoms with E-state index in [1.165, 1.54) is 24.3 Å². The summed E-state index contributed by atoms with van der Waals surface area (Å²) in [4.78, 5) is 30.2. The molecular weight excluding hydrogens is 598 g/mol. The highest BCUT2D eigenvalue weighted by Crippen LogP contribution is 2.36. The predicted molar refractivity (Wildman–Crippen MR) is 150 cm³/mol. The third-order valence-corrected chi connectivity index (χ3v) is 10.5. The van der Waals surface area contributed by atoms with Crippen LogP contribution in [-0.4, -0.2) is 73.5 Å². The van der Waals surface area contributed by atoms with Crippen LogP contribution >= 0.6 is 11.6 Å². The molecule has 0 radical (unpaired) electrons. The minimum absolute atomic E-state index is 0.107. The summed E-state index contributed by atoms with van der Waals surface area (Å²) in [6, 6.07) is 6.35. The first-order valence-electron chi connectivity index (χ1n) is 13.8. The van der Waals surface area contributed by atoms with E-state index in [2.05, 4.69) is 24.1 Å². The molecule has 1 saturated carbocycles. The molecule has 0 bridgehead atoms. The zero-order valence-corrected chi connectivity index (χ0v) is 25.1. The second-order valence-corrected chi connectivity index (χ2v) is 13.8. The summed E-state index contributed by atoms with van der Waals surface area (Å²) < 4.78 is 80.1. The number of carbonyl (C=O) groups is 2. The van der Waals surface area contributed by atoms with Gasteiger partial charge in [0.1, 0.15) is 11.9 Å². The fourth-order valence-corrected chi connectivity index (χ4v) is 7.71. The predicted octanol–water partition coefficient (Wildman–Crippen LogP) is 5.18. The van der Waals surface area contributed by atoms with Crippen molar-refractivity contribution in [2.24, 2.45) is 5.92 Å². The van der Waals surface area contributed by atoms with Crippen molar-refractivity contribution in [3.05, 3.63) is 64.4 Å². The molecule has 2 aliphatic rings. The zero-order chi connectivity index (χ0) is 31.0. The lowest BCUT2D eigenvalue weighted by molar-refractivity contribution is -0.138. The van der Waals surface area contributed by atoms with Crippen molar-refractivity contribution in [3.63, 3.8) is 0 Å². The van der Waals surface area contributed by atoms with E-state index in [-0.39, 0.29) is 35.7 Å². The molecule has 0 spiro atoms. The smallest absolute Gasteiger partial charge is 0.340 e. The highest BCUT2D eigenvalue weighted by Gasteiger charge is 2.44. The molecule has 13 heteroatoms. The molecule has 230 valence electrons. The summed E-state index contributed by atoms with van der Waals surface area (Å²) in [6.07, 6.45) is -2.83. The maximum absolute atomic E-state index is 13.9. The molecule has 1 heterocycles. The fraction of sp³-hybridized carbons (Fsp3) is 0.517. The van der Waals surface area contributed by atoms with Gasteiger partial charge in [-0.2, -0.15) is 13.2 Å². The van der Waals surface area contributed by atoms with Gasteiger partial charge in [0.25, 0.3) is 5.91 Å². The van der Waals surface area contributed by atoms with E-state index >= 15 is 0 Å². The molecular formula is C29H34ClF4N3O4S. The molecule has 0 aromatic heterocycles. The van der Waals surface area contributed by atoms with Gasteiger partial charge in [-0.25, -0.2) is 12.8 Å². The van der Waals surface area contributed by atoms with Gasteiger partial charge in [-0.3, -0.25) is 9.59 Å². The van der Waals surface area contributed by atoms with Gasteiger partial charge in [-0.15, -0.1) is 0 Å². The van der Waals surface area contributed by atoms with Crippen LogP contribution in [-0.2, 0) is 20.8 Å². The summed E-state index contributed by atoms with van der Waals surface area (Å²) in [5, 5.41) is 2.86. The Labute approximate surface area is 248 Å². The van der Waals surface area contributed by atoms with Gasteiger partial charge in [0.05, 0.1) is 16.2 Å². The largest absolute Gasteiger partial charge is 0.416 e. The second-order valence-electron chi connectivity index (χ2n) is 11.4. The van der Waals surface area contributed by atoms with Crippen molar-refractivity contribution in [1.29, 1.82) is 0 Å². The quantitative estimate of drug-likeness (QED) is 0.406. The van der Waals surface area contributed by atoms with Crippen LogP contribution in [0.3, 0.4) is 0 Å². The van der Waals surface area contributed by atoms with E-state index in [1.54, 1.807) is 4.90 Å². The minimum Gasteiger partial charge on any atom is -0.340 e. The van der Waals surface area contributed by atoms with E-state index in [0.717, 1.165) is 6.42 Å². The molecule has 4 rings (SSSR count). The van der Waals surface area contributed by atoms with Crippen molar-refractivity contribution in [3.8, 4) is 0 Å². The molecule has 2 fully saturated rings. The third kappa shape index (κ3) is 7.26. The van der Waals surface area contributed by atoms with E-state index < -0.39 is 62.8 Å². The lowest BCUT2D eigenvalue weighted by Crippen LogP contribution is -2.53. The van der Waals surface area contributed by atoms with Crippen LogP contribution in [0.5, 0.6) is 0 Å². The van der Waals surface area contributed by atoms with Crippen molar-refractivity contribution in [2.45, 2.75) is 74.8 Å². The summed E-state index contributed by atoms with van der Waals surface area (Å²) in [6.45, 7) is 4.35. The van der Waals surface area contributed by atoms with Crippen LogP contribution in [0, 0.1) is 11.7 Å². The molecule has 1 aliphatic heterocycles. The number of likely N-dealkylation sites (tertiary alicyclic amines) is 1. The Bertz CT molecular complexity index is 1420. The highest BCUT2D eigenvalue weighted by molar-refractivity contribution is 7.91. The van der Waals surface area contributed by atoms with Crippen LogP contribution in [0.25, 0.3) is 0 Å². The number of benzene rings is 2. The maximum Gasteiger partial charge on any atom is 0.416 e. The zero-order valence-electron chi connectivity index (χ0n) is 23.5. The van der Waals surface area contributed by atoms with E-state index in [0.29, 0.717) is 36.1 Å². The number of sulfone groups is 1. The molecule has 2 aromatic carbocycles. The fourth-order valence-electron chi connectivity index (χ4n) is 5.92. The Morgan fingerprint density at radius 2 is 1.79 bits per heavy atom. The number of hydrogen-bond acceptors (Lipinski definition) is 5. The van der Waals surface area contributed by atoms with Crippen LogP contribution in [0.2, 0.25) is 5.02 Å². The molecule has 2 amide bonds. The summed E-state index contributed by atoms with van der Waals surface area (Å²) in [7, 11) is -1.74. The van der Waals surface area contributed by atoms with E-state index in [1.807, 2.05) is 7.05 Å². The topological polar surface area (TPSA) is 86.8 Å². The second kappa shape index (κ2) is 12.5. The van der Waals surface area contributed by atoms with E-state index in [4.69, 9.17) is 11.6 Å². The molecule has 4 atom stereocenters. The first kappa shape index (κ1) is 32.2. The van der Waals surface area contributed by atoms with Crippen molar-refractivity contribution in [1.82, 2.24) is 15.1 Å². The van der Waals surface area contributed by atoms with Crippen molar-refractivity contribution < 1.29 is 35.6 Å². The number of alkyl halides is 3. The number of rotatable bonds is 8. The third-order valence-electron chi connectivity index (χ3n) is 8.34. The van der Waals surface area contributed by atoms with Gasteiger partial charge >= 0.3 is 6.18 Å². The average Bonchev–Trinajstić information content (AvgIpc) is 3.26. The van der Waals surface area contributed by atoms with Crippen LogP contribution < -0.4 is 5.32 Å². The normalized spacial score (nSPS) is 23.6. The number of halogens is 5. The molecule has 7 nitrogen and oxygen atoms in total. The maximum atomic E-state index is 13.9. The Morgan fingerprint density at radius 1 is 1.12 bits per heavy atom. The van der Waals surface area contributed by atoms with Gasteiger partial charge in [-0.1, -0.05) is 11.6 Å². The number of amides is 2. The van der Waals surface area contributed by atoms with Gasteiger partial charge in [0.15, 0.2) is 9.84 Å². The molecule has 2 aromatic rings. The lowest BCUT2D eigenvalue weighted by atomic mass is 9.81. The number of nitrogens with zero attached hydrogens (tertiary/aromatic N) is 2. The molecule has 1 N–H and O–H groups in total. The van der Waals surface area contributed by atoms with Crippen molar-refractivity contribution >= 4 is 33.3 Å². The van der Waals surface area contributed by atoms with Crippen LogP contribution in [0.4, 0.5) is 17.6 Å². The molecule has 1 aliphatic carbocycles. The van der Waals surface area contributed by atoms with Gasteiger partial charge in [0.2, 0.25) is 5.91 Å². The van der Waals surface area contributed by atoms with E-state index in [9.17, 15) is 35.6 Å². The van der Waals surface area contributed by atoms with Crippen LogP contribution in [0.15, 0.2) is 47.4 Å². The Morgan fingerprint density at radius 3 is 2.40 bits per heavy atom. The van der Waals surface area contributed by atoms with Gasteiger partial charge in [0, 0.05) is 35.3 Å². The lowest BCUT2D eigenvalue weighted by Gasteiger charge is -2.44. The van der Waals surface area contributed by atoms with Crippen LogP contribution in [0.1, 0.15) is 55.5 Å². The Hall–Kier alpha value is -2.70. The first-order chi connectivity index (χ1) is 19.6. The summed E-state index contributed by atoms with van der Waals surface area (Å²) in [5.41, 5.74) is -1.85. The standard InChI is InChI=1S/C29H34ClF4N3O4S/c1-17(2)36(3)23-6-9-26(19(14-23)16-42(40,41)24-7-4-21(30)5-8-24)37-11-10-25(28(37)39)35-27(38)18-12-20(29(32,33)34)15-22(31)13-18/h4-5,7-8,12-13,15,17,19,23,25-26H,6,9-11,14,16H2,1-3H3,(H,35,38)/t19-,23+,25?,26-/m0/s1. The first-order valence-corrected chi connectivity index (χ1v) is 15.8. The number of nitrogens with one attached hydrogen (secondary N) is 1. The minimum atomic E-state index is -4.85. The Kier molecular flexibility index (Phi) is 9.59. The number of carbonyl (C=O) groups excluding carboxylic acids is 2. The average molecular weight is 632 g/mol. The molecule has 1 unspecified atom stereocenters. The highest BCUT2D eigenvalue weighted by atomic mass is 35.5. The molecule has 1 saturated heterocycles. The SMILES string of the molecule is CC(C)N(C)[C@@H]1CC[C@H](N2CCC(NC(=O)c3cc(F)cc(C(F)(F)F)c3)C2=O)[C@H](CS(=O)(=O)c2ccc(Cl)cc2)C1.